The molecule has 13 heavy (non-hydrogen) atoms. The van der Waals surface area contributed by atoms with E-state index in [4.69, 9.17) is 0 Å². The van der Waals surface area contributed by atoms with E-state index in [0.29, 0.717) is 0 Å². The van der Waals surface area contributed by atoms with Crippen LogP contribution in [0.5, 0.6) is 0 Å². The summed E-state index contributed by atoms with van der Waals surface area (Å²) in [5, 5.41) is 0. The second-order valence-corrected chi connectivity index (χ2v) is 4.12. The molecule has 0 spiro atoms. The highest BCUT2D eigenvalue weighted by molar-refractivity contribution is 5.85. The summed E-state index contributed by atoms with van der Waals surface area (Å²) in [6, 6.07) is 0. The van der Waals surface area contributed by atoms with Crippen LogP contribution in [0.15, 0.2) is 12.7 Å². The second kappa shape index (κ2) is 6.41. The third-order valence-electron chi connectivity index (χ3n) is 2.32. The standard InChI is InChI=1S/C10H22N2.ClH/c1-7-8-10(2,12(5)6)9-11(3)4;/h7H,1,8-9H2,2-6H3;1H. The molecule has 0 N–H and O–H groups in total. The van der Waals surface area contributed by atoms with Crippen molar-refractivity contribution < 1.29 is 0 Å². The molecule has 0 aliphatic carbocycles. The molecule has 80 valence electrons. The van der Waals surface area contributed by atoms with Gasteiger partial charge in [0.25, 0.3) is 0 Å². The van der Waals surface area contributed by atoms with E-state index in [2.05, 4.69) is 51.5 Å². The van der Waals surface area contributed by atoms with Gasteiger partial charge in [0.05, 0.1) is 0 Å². The van der Waals surface area contributed by atoms with Gasteiger partial charge in [0.15, 0.2) is 0 Å². The number of rotatable bonds is 5. The van der Waals surface area contributed by atoms with Gasteiger partial charge < -0.3 is 9.80 Å². The van der Waals surface area contributed by atoms with Gasteiger partial charge in [-0.1, -0.05) is 6.08 Å². The van der Waals surface area contributed by atoms with Crippen LogP contribution in [0.3, 0.4) is 0 Å². The Labute approximate surface area is 89.0 Å². The molecular formula is C10H23ClN2. The Morgan fingerprint density at radius 3 is 1.92 bits per heavy atom. The zero-order chi connectivity index (χ0) is 9.78. The zero-order valence-electron chi connectivity index (χ0n) is 9.50. The van der Waals surface area contributed by atoms with E-state index >= 15 is 0 Å². The highest BCUT2D eigenvalue weighted by Gasteiger charge is 2.25. The number of hydrogen-bond acceptors (Lipinski definition) is 2. The lowest BCUT2D eigenvalue weighted by Crippen LogP contribution is -2.48. The summed E-state index contributed by atoms with van der Waals surface area (Å²) in [7, 11) is 8.44. The van der Waals surface area contributed by atoms with E-state index in [0.717, 1.165) is 13.0 Å². The summed E-state index contributed by atoms with van der Waals surface area (Å²) in [5.41, 5.74) is 0.214. The molecule has 0 amide bonds. The Morgan fingerprint density at radius 1 is 1.23 bits per heavy atom. The minimum absolute atomic E-state index is 0. The third kappa shape index (κ3) is 5.29. The van der Waals surface area contributed by atoms with E-state index in [1.54, 1.807) is 0 Å². The van der Waals surface area contributed by atoms with Gasteiger partial charge in [0.2, 0.25) is 0 Å². The molecule has 0 aliphatic rings. The first kappa shape index (κ1) is 15.4. The molecule has 0 aromatic heterocycles. The van der Waals surface area contributed by atoms with Crippen molar-refractivity contribution in [3.63, 3.8) is 0 Å². The summed E-state index contributed by atoms with van der Waals surface area (Å²) >= 11 is 0. The fraction of sp³-hybridized carbons (Fsp3) is 0.800. The van der Waals surface area contributed by atoms with E-state index in [1.165, 1.54) is 0 Å². The molecule has 0 aliphatic heterocycles. The number of nitrogens with zero attached hydrogens (tertiary/aromatic N) is 2. The summed E-state index contributed by atoms with van der Waals surface area (Å²) in [4.78, 5) is 4.47. The van der Waals surface area contributed by atoms with Crippen LogP contribution in [0.2, 0.25) is 0 Å². The predicted octanol–water partition coefficient (Wildman–Crippen LogP) is 1.87. The Kier molecular flexibility index (Phi) is 7.61. The second-order valence-electron chi connectivity index (χ2n) is 4.12. The Bertz CT molecular complexity index is 146. The van der Waals surface area contributed by atoms with Crippen LogP contribution in [0.4, 0.5) is 0 Å². The molecule has 0 radical (unpaired) electrons. The van der Waals surface area contributed by atoms with Crippen molar-refractivity contribution >= 4 is 12.4 Å². The lowest BCUT2D eigenvalue weighted by molar-refractivity contribution is 0.131. The smallest absolute Gasteiger partial charge is 0.0336 e. The highest BCUT2D eigenvalue weighted by Crippen LogP contribution is 2.17. The molecule has 0 saturated heterocycles. The van der Waals surface area contributed by atoms with Crippen LogP contribution in [0.25, 0.3) is 0 Å². The van der Waals surface area contributed by atoms with Crippen LogP contribution in [0.1, 0.15) is 13.3 Å². The number of hydrogen-bond donors (Lipinski definition) is 0. The average Bonchev–Trinajstić information content (AvgIpc) is 1.85. The summed E-state index contributed by atoms with van der Waals surface area (Å²) in [6.45, 7) is 7.11. The van der Waals surface area contributed by atoms with Crippen molar-refractivity contribution in [1.82, 2.24) is 9.80 Å². The maximum absolute atomic E-state index is 3.79. The van der Waals surface area contributed by atoms with Crippen LogP contribution in [0, 0.1) is 0 Å². The molecule has 1 atom stereocenters. The van der Waals surface area contributed by atoms with Gasteiger partial charge in [-0.25, -0.2) is 0 Å². The van der Waals surface area contributed by atoms with Gasteiger partial charge in [-0.15, -0.1) is 19.0 Å². The summed E-state index contributed by atoms with van der Waals surface area (Å²) in [5.74, 6) is 0. The average molecular weight is 207 g/mol. The quantitative estimate of drug-likeness (QED) is 0.634. The highest BCUT2D eigenvalue weighted by atomic mass is 35.5. The van der Waals surface area contributed by atoms with Crippen LogP contribution in [-0.2, 0) is 0 Å². The molecule has 0 aromatic carbocycles. The van der Waals surface area contributed by atoms with Gasteiger partial charge in [-0.05, 0) is 41.5 Å². The zero-order valence-corrected chi connectivity index (χ0v) is 10.3. The Hall–Kier alpha value is -0.0500. The summed E-state index contributed by atoms with van der Waals surface area (Å²) in [6.07, 6.45) is 3.02. The Morgan fingerprint density at radius 2 is 1.69 bits per heavy atom. The predicted molar refractivity (Wildman–Crippen MR) is 62.7 cm³/mol. The third-order valence-corrected chi connectivity index (χ3v) is 2.32. The van der Waals surface area contributed by atoms with Gasteiger partial charge in [0, 0.05) is 12.1 Å². The molecule has 1 unspecified atom stereocenters. The molecular weight excluding hydrogens is 184 g/mol. The van der Waals surface area contributed by atoms with Crippen molar-refractivity contribution in [2.24, 2.45) is 0 Å². The van der Waals surface area contributed by atoms with E-state index in [-0.39, 0.29) is 17.9 Å². The first-order valence-corrected chi connectivity index (χ1v) is 4.35. The molecule has 0 saturated carbocycles. The number of likely N-dealkylation sites (N-methyl/N-ethyl adjacent to an activating group) is 2. The molecule has 0 rings (SSSR count). The minimum Gasteiger partial charge on any atom is -0.308 e. The molecule has 0 bridgehead atoms. The van der Waals surface area contributed by atoms with Crippen molar-refractivity contribution in [3.8, 4) is 0 Å². The maximum Gasteiger partial charge on any atom is 0.0336 e. The SMILES string of the molecule is C=CCC(C)(CN(C)C)N(C)C.Cl. The topological polar surface area (TPSA) is 6.48 Å². The molecule has 2 nitrogen and oxygen atoms in total. The fourth-order valence-electron chi connectivity index (χ4n) is 1.38. The van der Waals surface area contributed by atoms with Crippen molar-refractivity contribution in [2.45, 2.75) is 18.9 Å². The maximum atomic E-state index is 3.79. The monoisotopic (exact) mass is 206 g/mol. The largest absolute Gasteiger partial charge is 0.308 e. The van der Waals surface area contributed by atoms with E-state index in [9.17, 15) is 0 Å². The van der Waals surface area contributed by atoms with Crippen LogP contribution < -0.4 is 0 Å². The van der Waals surface area contributed by atoms with Gasteiger partial charge in [0.1, 0.15) is 0 Å². The van der Waals surface area contributed by atoms with E-state index < -0.39 is 0 Å². The number of halogens is 1. The van der Waals surface area contributed by atoms with Gasteiger partial charge in [-0.2, -0.15) is 0 Å². The molecule has 0 aromatic rings. The lowest BCUT2D eigenvalue weighted by atomic mass is 9.96. The van der Waals surface area contributed by atoms with E-state index in [1.807, 2.05) is 6.08 Å². The van der Waals surface area contributed by atoms with Gasteiger partial charge >= 0.3 is 0 Å². The molecule has 3 heteroatoms. The summed E-state index contributed by atoms with van der Waals surface area (Å²) < 4.78 is 0. The van der Waals surface area contributed by atoms with Gasteiger partial charge in [-0.3, -0.25) is 0 Å². The molecule has 0 heterocycles. The van der Waals surface area contributed by atoms with Crippen LogP contribution >= 0.6 is 12.4 Å². The fourth-order valence-corrected chi connectivity index (χ4v) is 1.38. The lowest BCUT2D eigenvalue weighted by Gasteiger charge is -2.38. The normalized spacial score (nSPS) is 15.3. The first-order valence-electron chi connectivity index (χ1n) is 4.35. The Balaban J connectivity index is 0. The van der Waals surface area contributed by atoms with Crippen molar-refractivity contribution in [1.29, 1.82) is 0 Å². The van der Waals surface area contributed by atoms with Crippen molar-refractivity contribution in [2.75, 3.05) is 34.7 Å². The minimum atomic E-state index is 0. The van der Waals surface area contributed by atoms with Crippen molar-refractivity contribution in [3.05, 3.63) is 12.7 Å². The molecule has 0 fully saturated rings. The van der Waals surface area contributed by atoms with Crippen LogP contribution in [-0.4, -0.2) is 50.1 Å². The first-order chi connectivity index (χ1) is 5.42.